The second-order valence-corrected chi connectivity index (χ2v) is 11.3. The third-order valence-corrected chi connectivity index (χ3v) is 6.72. The van der Waals surface area contributed by atoms with Crippen molar-refractivity contribution in [2.24, 2.45) is 0 Å². The Morgan fingerprint density at radius 1 is 0.905 bits per heavy atom. The summed E-state index contributed by atoms with van der Waals surface area (Å²) in [6, 6.07) is 0. The highest BCUT2D eigenvalue weighted by Gasteiger charge is 2.29. The van der Waals surface area contributed by atoms with Crippen LogP contribution in [0.5, 0.6) is 0 Å². The summed E-state index contributed by atoms with van der Waals surface area (Å²) in [6.07, 6.45) is -1.14. The number of imidazole rings is 1. The maximum atomic E-state index is 13.1. The van der Waals surface area contributed by atoms with Gasteiger partial charge in [0.2, 0.25) is 13.6 Å². The van der Waals surface area contributed by atoms with Gasteiger partial charge in [-0.15, -0.1) is 0 Å². The highest BCUT2D eigenvalue weighted by Crippen LogP contribution is 2.48. The highest BCUT2D eigenvalue weighted by molar-refractivity contribution is 7.53. The minimum atomic E-state index is -4.06. The summed E-state index contributed by atoms with van der Waals surface area (Å²) in [6.45, 7) is 17.1. The second kappa shape index (κ2) is 19.2. The zero-order valence-electron chi connectivity index (χ0n) is 25.7. The van der Waals surface area contributed by atoms with E-state index < -0.39 is 58.2 Å². The van der Waals surface area contributed by atoms with Crippen LogP contribution in [0.15, 0.2) is 12.7 Å². The summed E-state index contributed by atoms with van der Waals surface area (Å²) >= 11 is 0. The Balaban J connectivity index is 0.00000112. The van der Waals surface area contributed by atoms with Crippen molar-refractivity contribution >= 4 is 36.9 Å². The van der Waals surface area contributed by atoms with Crippen molar-refractivity contribution < 1.29 is 46.9 Å². The first-order valence-corrected chi connectivity index (χ1v) is 15.4. The van der Waals surface area contributed by atoms with Crippen molar-refractivity contribution in [3.05, 3.63) is 12.7 Å². The highest BCUT2D eigenvalue weighted by atomic mass is 31.2. The summed E-state index contributed by atoms with van der Waals surface area (Å²) in [5.41, 5.74) is 6.72. The van der Waals surface area contributed by atoms with Gasteiger partial charge < -0.3 is 38.9 Å². The number of hydrogen-bond donors (Lipinski definition) is 1. The third kappa shape index (κ3) is 14.2. The molecular weight excluding hydrogens is 575 g/mol. The smallest absolute Gasteiger partial charge is 0.432 e. The standard InChI is InChI=1S/C19H30N5O10P.C6H15N/c1-12(2)33-18(25)28-9-31-35(27,32-10-29-19(26)34-13(3)4)11-30-14(5)6-24-8-23-15-16(20)21-7-22-17(15)24;1-4-7(5-2)6-3/h7-8,12-14H,6,9-11H2,1-5H3,(H2,20,21,22);4-6H2,1-3H3/t14-;/m1./s1. The van der Waals surface area contributed by atoms with Crippen molar-refractivity contribution in [1.29, 1.82) is 0 Å². The first kappa shape index (κ1) is 37.0. The number of hydrogen-bond acceptors (Lipinski definition) is 15. The lowest BCUT2D eigenvalue weighted by Crippen LogP contribution is -2.21. The largest absolute Gasteiger partial charge is 0.510 e. The normalized spacial score (nSPS) is 12.3. The van der Waals surface area contributed by atoms with Gasteiger partial charge in [-0.05, 0) is 54.3 Å². The van der Waals surface area contributed by atoms with Crippen LogP contribution < -0.4 is 5.73 Å². The average Bonchev–Trinajstić information content (AvgIpc) is 3.32. The lowest BCUT2D eigenvalue weighted by atomic mass is 10.4. The number of nitrogen functional groups attached to an aromatic ring is 1. The van der Waals surface area contributed by atoms with Crippen LogP contribution in [-0.2, 0) is 43.8 Å². The van der Waals surface area contributed by atoms with Gasteiger partial charge in [0.25, 0.3) is 0 Å². The van der Waals surface area contributed by atoms with Gasteiger partial charge in [-0.25, -0.2) is 24.5 Å². The molecule has 0 unspecified atom stereocenters. The number of fused-ring (bicyclic) bond motifs is 1. The molecule has 42 heavy (non-hydrogen) atoms. The molecule has 0 aliphatic rings. The van der Waals surface area contributed by atoms with Crippen LogP contribution in [-0.4, -0.2) is 94.6 Å². The van der Waals surface area contributed by atoms with Crippen molar-refractivity contribution in [3.8, 4) is 0 Å². The van der Waals surface area contributed by atoms with E-state index >= 15 is 0 Å². The Kier molecular flexibility index (Phi) is 16.9. The zero-order chi connectivity index (χ0) is 31.7. The van der Waals surface area contributed by atoms with Crippen molar-refractivity contribution in [3.63, 3.8) is 0 Å². The SMILES string of the molecule is CC(C)OC(=O)OCOP(=O)(CO[C@H](C)Cn1cnc2c(N)ncnc21)OCOC(=O)OC(C)C.CCN(CC)CC. The van der Waals surface area contributed by atoms with Gasteiger partial charge >= 0.3 is 19.9 Å². The molecule has 1 atom stereocenters. The van der Waals surface area contributed by atoms with Gasteiger partial charge in [-0.2, -0.15) is 0 Å². The molecule has 0 aromatic carbocycles. The van der Waals surface area contributed by atoms with E-state index in [1.54, 1.807) is 39.2 Å². The summed E-state index contributed by atoms with van der Waals surface area (Å²) in [4.78, 5) is 37.6. The first-order chi connectivity index (χ1) is 19.8. The predicted molar refractivity (Wildman–Crippen MR) is 154 cm³/mol. The average molecular weight is 621 g/mol. The van der Waals surface area contributed by atoms with Crippen LogP contribution in [0.3, 0.4) is 0 Å². The Bertz CT molecular complexity index is 1090. The number of nitrogens with zero attached hydrogens (tertiary/aromatic N) is 5. The molecule has 0 amide bonds. The molecule has 2 rings (SSSR count). The fourth-order valence-electron chi connectivity index (χ4n) is 3.13. The second-order valence-electron chi connectivity index (χ2n) is 9.28. The quantitative estimate of drug-likeness (QED) is 0.158. The molecule has 2 aromatic rings. The fourth-order valence-corrected chi connectivity index (χ4v) is 4.21. The number of carbonyl (C=O) groups is 2. The maximum absolute atomic E-state index is 13.1. The molecule has 0 saturated heterocycles. The van der Waals surface area contributed by atoms with Gasteiger partial charge in [0.1, 0.15) is 18.2 Å². The Labute approximate surface area is 246 Å². The molecule has 17 heteroatoms. The van der Waals surface area contributed by atoms with E-state index in [1.165, 1.54) is 32.3 Å². The molecule has 2 heterocycles. The van der Waals surface area contributed by atoms with Crippen molar-refractivity contribution in [1.82, 2.24) is 24.4 Å². The maximum Gasteiger partial charge on any atom is 0.510 e. The minimum Gasteiger partial charge on any atom is -0.432 e. The van der Waals surface area contributed by atoms with Crippen LogP contribution in [0.2, 0.25) is 0 Å². The van der Waals surface area contributed by atoms with Gasteiger partial charge in [-0.3, -0.25) is 13.6 Å². The van der Waals surface area contributed by atoms with Crippen molar-refractivity contribution in [2.75, 3.05) is 45.3 Å². The van der Waals surface area contributed by atoms with E-state index in [9.17, 15) is 14.2 Å². The predicted octanol–water partition coefficient (Wildman–Crippen LogP) is 4.38. The first-order valence-electron chi connectivity index (χ1n) is 13.6. The van der Waals surface area contributed by atoms with Gasteiger partial charge in [-0.1, -0.05) is 20.8 Å². The Morgan fingerprint density at radius 2 is 1.43 bits per heavy atom. The minimum absolute atomic E-state index is 0.237. The topological polar surface area (TPSA) is 189 Å². The lowest BCUT2D eigenvalue weighted by molar-refractivity contribution is -0.0369. The molecule has 2 aromatic heterocycles. The van der Waals surface area contributed by atoms with Crippen LogP contribution >= 0.6 is 7.60 Å². The molecule has 2 N–H and O–H groups in total. The van der Waals surface area contributed by atoms with E-state index in [4.69, 9.17) is 38.5 Å². The van der Waals surface area contributed by atoms with E-state index in [1.807, 2.05) is 0 Å². The summed E-state index contributed by atoms with van der Waals surface area (Å²) in [5, 5.41) is 0. The third-order valence-electron chi connectivity index (χ3n) is 5.26. The molecule has 0 spiro atoms. The van der Waals surface area contributed by atoms with Gasteiger partial charge in [0.15, 0.2) is 11.5 Å². The van der Waals surface area contributed by atoms with Crippen LogP contribution in [0.25, 0.3) is 11.2 Å². The summed E-state index contributed by atoms with van der Waals surface area (Å²) in [5.74, 6) is 0.237. The summed E-state index contributed by atoms with van der Waals surface area (Å²) in [7, 11) is -4.06. The van der Waals surface area contributed by atoms with E-state index in [2.05, 4.69) is 40.6 Å². The number of nitrogens with two attached hydrogens (primary N) is 1. The molecule has 0 aliphatic heterocycles. The molecule has 0 aliphatic carbocycles. The molecule has 0 fully saturated rings. The van der Waals surface area contributed by atoms with Crippen LogP contribution in [0.1, 0.15) is 55.4 Å². The molecule has 0 bridgehead atoms. The van der Waals surface area contributed by atoms with E-state index in [-0.39, 0.29) is 12.4 Å². The monoisotopic (exact) mass is 620 g/mol. The number of aromatic nitrogens is 4. The van der Waals surface area contributed by atoms with E-state index in [0.717, 1.165) is 0 Å². The van der Waals surface area contributed by atoms with Gasteiger partial charge in [0, 0.05) is 0 Å². The van der Waals surface area contributed by atoms with Crippen molar-refractivity contribution in [2.45, 2.75) is 80.2 Å². The number of rotatable bonds is 16. The number of ether oxygens (including phenoxy) is 5. The zero-order valence-corrected chi connectivity index (χ0v) is 26.6. The van der Waals surface area contributed by atoms with E-state index in [0.29, 0.717) is 11.2 Å². The summed E-state index contributed by atoms with van der Waals surface area (Å²) < 4.78 is 49.7. The number of carbonyl (C=O) groups excluding carboxylic acids is 2. The molecular formula is C25H45N6O10P. The lowest BCUT2D eigenvalue weighted by Gasteiger charge is -2.21. The van der Waals surface area contributed by atoms with Crippen LogP contribution in [0, 0.1) is 0 Å². The van der Waals surface area contributed by atoms with Crippen LogP contribution in [0.4, 0.5) is 15.4 Å². The fraction of sp³-hybridized carbons (Fsp3) is 0.720. The Hall–Kier alpha value is -3.04. The molecule has 0 radical (unpaired) electrons. The molecule has 16 nitrogen and oxygen atoms in total. The van der Waals surface area contributed by atoms with Gasteiger partial charge in [0.05, 0.1) is 31.2 Å². The Morgan fingerprint density at radius 3 is 1.88 bits per heavy atom. The molecule has 240 valence electrons. The molecule has 0 saturated carbocycles. The number of anilines is 1.